The van der Waals surface area contributed by atoms with Crippen molar-refractivity contribution in [2.45, 2.75) is 0 Å². The van der Waals surface area contributed by atoms with Crippen LogP contribution in [0.2, 0.25) is 0 Å². The van der Waals surface area contributed by atoms with Gasteiger partial charge in [-0.15, -0.1) is 0 Å². The Labute approximate surface area is 74.4 Å². The standard InChI is InChI=1S/K.H3N.3H2O.H/h;1H3;3*1H2;/q+1;;;;;-1. The summed E-state index contributed by atoms with van der Waals surface area (Å²) in [7, 11) is 0. The molecule has 0 rings (SSSR count). The maximum absolute atomic E-state index is 0. The summed E-state index contributed by atoms with van der Waals surface area (Å²) in [5, 5.41) is 0. The van der Waals surface area contributed by atoms with Crippen LogP contribution in [0, 0.1) is 0 Å². The van der Waals surface area contributed by atoms with Crippen molar-refractivity contribution in [3.05, 3.63) is 0 Å². The third-order valence-electron chi connectivity index (χ3n) is 0. The van der Waals surface area contributed by atoms with E-state index in [0.29, 0.717) is 0 Å². The van der Waals surface area contributed by atoms with Gasteiger partial charge in [0, 0.05) is 0 Å². The fourth-order valence-corrected chi connectivity index (χ4v) is 0. The average Bonchev–Trinajstić information content (AvgIpc) is 0. The molecule has 0 heterocycles. The molecule has 0 aromatic rings. The van der Waals surface area contributed by atoms with Crippen molar-refractivity contribution in [2.24, 2.45) is 0 Å². The molecule has 34 valence electrons. The predicted molar refractivity (Wildman–Crippen MR) is 17.0 cm³/mol. The number of rotatable bonds is 0. The Morgan fingerprint density at radius 3 is 0.800 bits per heavy atom. The third kappa shape index (κ3) is 30.4. The number of hydrogen-bond acceptors (Lipinski definition) is 1. The van der Waals surface area contributed by atoms with Crippen molar-refractivity contribution in [1.29, 1.82) is 0 Å². The van der Waals surface area contributed by atoms with Crippen LogP contribution < -0.4 is 57.5 Å². The van der Waals surface area contributed by atoms with Crippen molar-refractivity contribution in [3.63, 3.8) is 0 Å². The van der Waals surface area contributed by atoms with Gasteiger partial charge < -0.3 is 24.0 Å². The van der Waals surface area contributed by atoms with E-state index in [0.717, 1.165) is 0 Å². The molecule has 0 bridgehead atoms. The van der Waals surface area contributed by atoms with Crippen LogP contribution in [0.3, 0.4) is 0 Å². The molecule has 0 aromatic heterocycles. The maximum Gasteiger partial charge on any atom is 1.00 e. The normalized spacial score (nSPS) is 0. The topological polar surface area (TPSA) is 130 Å². The van der Waals surface area contributed by atoms with Crippen molar-refractivity contribution in [1.82, 2.24) is 6.15 Å². The quantitative estimate of drug-likeness (QED) is 0.308. The first kappa shape index (κ1) is 89.1. The van der Waals surface area contributed by atoms with Crippen LogP contribution in [-0.4, -0.2) is 16.4 Å². The molecule has 0 saturated carbocycles. The molecule has 0 atom stereocenters. The Hall–Kier alpha value is 1.48. The molecule has 0 unspecified atom stereocenters. The minimum Gasteiger partial charge on any atom is -1.00 e. The van der Waals surface area contributed by atoms with Crippen LogP contribution >= 0.6 is 0 Å². The van der Waals surface area contributed by atoms with Crippen LogP contribution in [0.1, 0.15) is 1.43 Å². The van der Waals surface area contributed by atoms with Gasteiger partial charge in [0.25, 0.3) is 0 Å². The van der Waals surface area contributed by atoms with Crippen LogP contribution in [0.4, 0.5) is 0 Å². The summed E-state index contributed by atoms with van der Waals surface area (Å²) in [5.74, 6) is 0. The molecule has 0 aliphatic rings. The molecule has 0 spiro atoms. The van der Waals surface area contributed by atoms with Gasteiger partial charge in [0.2, 0.25) is 0 Å². The van der Waals surface area contributed by atoms with Gasteiger partial charge in [0.1, 0.15) is 0 Å². The predicted octanol–water partition coefficient (Wildman–Crippen LogP) is -5.20. The molecule has 0 amide bonds. The van der Waals surface area contributed by atoms with Gasteiger partial charge in [0.05, 0.1) is 0 Å². The second-order valence-corrected chi connectivity index (χ2v) is 0. The summed E-state index contributed by atoms with van der Waals surface area (Å²) in [4.78, 5) is 0. The molecular weight excluding hydrogens is 101 g/mol. The summed E-state index contributed by atoms with van der Waals surface area (Å²) >= 11 is 0. The summed E-state index contributed by atoms with van der Waals surface area (Å²) in [6.07, 6.45) is 0. The van der Waals surface area contributed by atoms with E-state index in [1.54, 1.807) is 0 Å². The molecule has 0 saturated heterocycles. The smallest absolute Gasteiger partial charge is 1.00 e. The Kier molecular flexibility index (Phi) is 897. The van der Waals surface area contributed by atoms with Crippen LogP contribution in [0.15, 0.2) is 0 Å². The van der Waals surface area contributed by atoms with Crippen LogP contribution in [0.25, 0.3) is 0 Å². The minimum absolute atomic E-state index is 0. The van der Waals surface area contributed by atoms with E-state index < -0.39 is 0 Å². The van der Waals surface area contributed by atoms with E-state index in [-0.39, 0.29) is 75.4 Å². The van der Waals surface area contributed by atoms with Gasteiger partial charge in [-0.1, -0.05) is 0 Å². The van der Waals surface area contributed by atoms with Gasteiger partial charge in [-0.3, -0.25) is 0 Å². The molecule has 0 aliphatic carbocycles. The van der Waals surface area contributed by atoms with E-state index >= 15 is 0 Å². The zero-order valence-corrected chi connectivity index (χ0v) is 6.33. The molecule has 9 N–H and O–H groups in total. The Morgan fingerprint density at radius 1 is 0.800 bits per heavy atom. The van der Waals surface area contributed by atoms with E-state index in [4.69, 9.17) is 0 Å². The SMILES string of the molecule is N.O.O.O.[H-].[K+]. The molecule has 0 radical (unpaired) electrons. The summed E-state index contributed by atoms with van der Waals surface area (Å²) in [6, 6.07) is 0. The van der Waals surface area contributed by atoms with Gasteiger partial charge in [-0.2, -0.15) is 0 Å². The molecule has 0 fully saturated rings. The van der Waals surface area contributed by atoms with Gasteiger partial charge in [-0.25, -0.2) is 0 Å². The van der Waals surface area contributed by atoms with E-state index in [1.165, 1.54) is 0 Å². The first-order chi connectivity index (χ1) is 0. The first-order valence-corrected chi connectivity index (χ1v) is 0. The molecule has 5 heteroatoms. The molecular formula is H10KNO3. The second-order valence-electron chi connectivity index (χ2n) is 0. The third-order valence-corrected chi connectivity index (χ3v) is 0. The maximum atomic E-state index is 0. The monoisotopic (exact) mass is 111 g/mol. The van der Waals surface area contributed by atoms with Crippen molar-refractivity contribution >= 4 is 0 Å². The fourth-order valence-electron chi connectivity index (χ4n) is 0. The van der Waals surface area contributed by atoms with E-state index in [2.05, 4.69) is 0 Å². The van der Waals surface area contributed by atoms with E-state index in [1.807, 2.05) is 0 Å². The molecule has 0 aromatic carbocycles. The van der Waals surface area contributed by atoms with Crippen LogP contribution in [0.5, 0.6) is 0 Å². The summed E-state index contributed by atoms with van der Waals surface area (Å²) in [5.41, 5.74) is 0. The van der Waals surface area contributed by atoms with Gasteiger partial charge in [-0.05, 0) is 0 Å². The summed E-state index contributed by atoms with van der Waals surface area (Å²) in [6.45, 7) is 0. The zero-order valence-electron chi connectivity index (χ0n) is 4.21. The largest absolute Gasteiger partial charge is 1.00 e. The van der Waals surface area contributed by atoms with Crippen molar-refractivity contribution in [2.75, 3.05) is 0 Å². The zero-order chi connectivity index (χ0) is 0. The Morgan fingerprint density at radius 2 is 0.800 bits per heavy atom. The Balaban J connectivity index is 0. The van der Waals surface area contributed by atoms with Crippen molar-refractivity contribution < 1.29 is 69.2 Å². The van der Waals surface area contributed by atoms with Crippen molar-refractivity contribution in [3.8, 4) is 0 Å². The van der Waals surface area contributed by atoms with Crippen LogP contribution in [-0.2, 0) is 0 Å². The number of hydrogen-bond donors (Lipinski definition) is 1. The molecule has 5 heavy (non-hydrogen) atoms. The second kappa shape index (κ2) is 50.3. The average molecular weight is 111 g/mol. The van der Waals surface area contributed by atoms with Gasteiger partial charge in [0.15, 0.2) is 0 Å². The first-order valence-electron chi connectivity index (χ1n) is 0. The Bertz CT molecular complexity index is 10.8. The molecule has 4 nitrogen and oxygen atoms in total. The minimum atomic E-state index is 0. The fraction of sp³-hybridized carbons (Fsp3) is 0. The molecule has 0 aliphatic heterocycles. The van der Waals surface area contributed by atoms with Gasteiger partial charge >= 0.3 is 51.4 Å². The van der Waals surface area contributed by atoms with E-state index in [9.17, 15) is 0 Å². The summed E-state index contributed by atoms with van der Waals surface area (Å²) < 4.78 is 0.